The number of benzene rings is 2. The maximum absolute atomic E-state index is 13.0. The summed E-state index contributed by atoms with van der Waals surface area (Å²) in [6, 6.07) is 7.30. The molecule has 0 saturated carbocycles. The largest absolute Gasteiger partial charge is 0.505 e. The molecule has 6 nitrogen and oxygen atoms in total. The lowest BCUT2D eigenvalue weighted by atomic mass is 10.1. The Kier molecular flexibility index (Phi) is 6.96. The van der Waals surface area contributed by atoms with Crippen LogP contribution >= 0.6 is 23.2 Å². The number of hydrogen-bond acceptors (Lipinski definition) is 5. The fourth-order valence-electron chi connectivity index (χ4n) is 2.70. The molecule has 0 aliphatic carbocycles. The van der Waals surface area contributed by atoms with Gasteiger partial charge in [-0.15, -0.1) is 5.92 Å². The number of nitrogens with zero attached hydrogens (tertiary/aromatic N) is 3. The van der Waals surface area contributed by atoms with Crippen molar-refractivity contribution < 1.29 is 27.6 Å². The Hall–Kier alpha value is -3.22. The Bertz CT molecular complexity index is 1190. The van der Waals surface area contributed by atoms with Crippen LogP contribution in [0.2, 0.25) is 10.0 Å². The van der Waals surface area contributed by atoms with Crippen molar-refractivity contribution in [3.05, 3.63) is 63.5 Å². The van der Waals surface area contributed by atoms with Crippen molar-refractivity contribution in [2.24, 2.45) is 0 Å². The van der Waals surface area contributed by atoms with Crippen LogP contribution in [0.25, 0.3) is 11.4 Å². The van der Waals surface area contributed by atoms with Gasteiger partial charge in [-0.25, -0.2) is 0 Å². The van der Waals surface area contributed by atoms with Gasteiger partial charge in [0.25, 0.3) is 0 Å². The first-order valence-corrected chi connectivity index (χ1v) is 9.73. The van der Waals surface area contributed by atoms with E-state index in [1.165, 1.54) is 29.2 Å². The highest BCUT2D eigenvalue weighted by molar-refractivity contribution is 6.37. The predicted molar refractivity (Wildman–Crippen MR) is 111 cm³/mol. The van der Waals surface area contributed by atoms with E-state index in [0.717, 1.165) is 12.1 Å². The second-order valence-corrected chi connectivity index (χ2v) is 7.31. The Labute approximate surface area is 190 Å². The van der Waals surface area contributed by atoms with E-state index in [2.05, 4.69) is 22.0 Å². The maximum atomic E-state index is 13.0. The third-order valence-corrected chi connectivity index (χ3v) is 4.82. The summed E-state index contributed by atoms with van der Waals surface area (Å²) in [5.41, 5.74) is -0.286. The van der Waals surface area contributed by atoms with Crippen LogP contribution in [0.5, 0.6) is 5.75 Å². The molecule has 11 heteroatoms. The lowest BCUT2D eigenvalue weighted by Gasteiger charge is -2.19. The molecule has 1 N–H and O–H groups in total. The number of alkyl halides is 3. The first kappa shape index (κ1) is 23.4. The summed E-state index contributed by atoms with van der Waals surface area (Å²) in [6.07, 6.45) is -4.51. The van der Waals surface area contributed by atoms with Crippen molar-refractivity contribution in [1.82, 2.24) is 15.0 Å². The smallest absolute Gasteiger partial charge is 0.416 e. The minimum atomic E-state index is -4.51. The number of aromatic nitrogens is 2. The molecule has 3 aromatic rings. The maximum Gasteiger partial charge on any atom is 0.416 e. The molecule has 1 heterocycles. The summed E-state index contributed by atoms with van der Waals surface area (Å²) >= 11 is 11.8. The molecular weight excluding hydrogens is 470 g/mol. The average molecular weight is 484 g/mol. The monoisotopic (exact) mass is 483 g/mol. The highest BCUT2D eigenvalue weighted by atomic mass is 35.5. The second-order valence-electron chi connectivity index (χ2n) is 6.50. The molecule has 3 rings (SSSR count). The summed E-state index contributed by atoms with van der Waals surface area (Å²) in [5, 5.41) is 13.3. The van der Waals surface area contributed by atoms with Gasteiger partial charge in [-0.1, -0.05) is 46.4 Å². The van der Waals surface area contributed by atoms with E-state index in [0.29, 0.717) is 5.56 Å². The molecule has 1 amide bonds. The third-order valence-electron chi connectivity index (χ3n) is 4.25. The second kappa shape index (κ2) is 9.51. The zero-order chi connectivity index (χ0) is 23.5. The van der Waals surface area contributed by atoms with Crippen molar-refractivity contribution in [1.29, 1.82) is 0 Å². The molecule has 32 heavy (non-hydrogen) atoms. The van der Waals surface area contributed by atoms with Crippen molar-refractivity contribution in [2.45, 2.75) is 19.6 Å². The van der Waals surface area contributed by atoms with Gasteiger partial charge in [0.05, 0.1) is 22.2 Å². The van der Waals surface area contributed by atoms with E-state index in [4.69, 9.17) is 27.7 Å². The molecular formula is C21H14Cl2F3N3O3. The first-order valence-electron chi connectivity index (χ1n) is 8.97. The number of rotatable bonds is 5. The van der Waals surface area contributed by atoms with Crippen LogP contribution in [-0.4, -0.2) is 32.6 Å². The molecule has 0 unspecified atom stereocenters. The number of phenolic OH excluding ortho intramolecular Hbond substituents is 1. The molecule has 0 spiro atoms. The zero-order valence-corrected chi connectivity index (χ0v) is 17.9. The number of carbonyl (C=O) groups excluding carboxylic acids is 1. The fourth-order valence-corrected chi connectivity index (χ4v) is 3.18. The molecule has 0 saturated heterocycles. The molecule has 0 atom stereocenters. The van der Waals surface area contributed by atoms with E-state index in [1.807, 2.05) is 0 Å². The van der Waals surface area contributed by atoms with E-state index >= 15 is 0 Å². The Balaban J connectivity index is 1.88. The average Bonchev–Trinajstić information content (AvgIpc) is 3.24. The molecule has 0 fully saturated rings. The van der Waals surface area contributed by atoms with Crippen molar-refractivity contribution in [3.63, 3.8) is 0 Å². The van der Waals surface area contributed by atoms with Crippen LogP contribution in [-0.2, 0) is 12.7 Å². The Morgan fingerprint density at radius 1 is 1.22 bits per heavy atom. The summed E-state index contributed by atoms with van der Waals surface area (Å²) < 4.78 is 44.1. The number of hydrogen-bond donors (Lipinski definition) is 1. The van der Waals surface area contributed by atoms with Crippen LogP contribution in [0.3, 0.4) is 0 Å². The fraction of sp³-hybridized carbons (Fsp3) is 0.190. The number of carbonyl (C=O) groups is 1. The van der Waals surface area contributed by atoms with Crippen molar-refractivity contribution in [2.75, 3.05) is 6.54 Å². The van der Waals surface area contributed by atoms with Gasteiger partial charge >= 0.3 is 18.0 Å². The summed E-state index contributed by atoms with van der Waals surface area (Å²) in [6.45, 7) is 1.34. The van der Waals surface area contributed by atoms with Gasteiger partial charge in [0.15, 0.2) is 5.75 Å². The number of aromatic hydroxyl groups is 1. The molecule has 0 aliphatic heterocycles. The van der Waals surface area contributed by atoms with Crippen LogP contribution < -0.4 is 0 Å². The predicted octanol–water partition coefficient (Wildman–Crippen LogP) is 5.43. The van der Waals surface area contributed by atoms with E-state index in [9.17, 15) is 23.1 Å². The van der Waals surface area contributed by atoms with Gasteiger partial charge < -0.3 is 14.5 Å². The Morgan fingerprint density at radius 3 is 2.53 bits per heavy atom. The summed E-state index contributed by atoms with van der Waals surface area (Å²) in [5.74, 6) is 3.88. The molecule has 1 aromatic heterocycles. The van der Waals surface area contributed by atoms with E-state index < -0.39 is 23.5 Å². The van der Waals surface area contributed by atoms with Gasteiger partial charge in [0.2, 0.25) is 5.82 Å². The quantitative estimate of drug-likeness (QED) is 0.489. The van der Waals surface area contributed by atoms with Gasteiger partial charge in [0.1, 0.15) is 0 Å². The van der Waals surface area contributed by atoms with Crippen LogP contribution in [0.4, 0.5) is 13.2 Å². The lowest BCUT2D eigenvalue weighted by Crippen LogP contribution is -2.31. The van der Waals surface area contributed by atoms with Gasteiger partial charge in [-0.05, 0) is 36.8 Å². The minimum absolute atomic E-state index is 0.0160. The highest BCUT2D eigenvalue weighted by Gasteiger charge is 2.31. The van der Waals surface area contributed by atoms with Gasteiger partial charge in [-0.2, -0.15) is 18.2 Å². The summed E-state index contributed by atoms with van der Waals surface area (Å²) in [7, 11) is 0. The molecule has 166 valence electrons. The SMILES string of the molecule is CC#CCN(Cc1cccc(C(F)(F)F)c1)C(=O)c1nc(-c2cc(Cl)c(O)c(Cl)c2)no1. The van der Waals surface area contributed by atoms with Gasteiger partial charge in [-0.3, -0.25) is 4.79 Å². The third kappa shape index (κ3) is 5.33. The Morgan fingerprint density at radius 2 is 1.91 bits per heavy atom. The highest BCUT2D eigenvalue weighted by Crippen LogP contribution is 2.35. The molecule has 0 aliphatic rings. The van der Waals surface area contributed by atoms with Gasteiger partial charge in [0, 0.05) is 12.1 Å². The van der Waals surface area contributed by atoms with Crippen LogP contribution in [0, 0.1) is 11.8 Å². The number of phenols is 1. The topological polar surface area (TPSA) is 79.5 Å². The normalized spacial score (nSPS) is 11.1. The van der Waals surface area contributed by atoms with Crippen molar-refractivity contribution in [3.8, 4) is 29.0 Å². The number of amides is 1. The van der Waals surface area contributed by atoms with Crippen molar-refractivity contribution >= 4 is 29.1 Å². The number of halogens is 5. The molecule has 0 bridgehead atoms. The van der Waals surface area contributed by atoms with Crippen LogP contribution in [0.15, 0.2) is 40.9 Å². The van der Waals surface area contributed by atoms with Crippen LogP contribution in [0.1, 0.15) is 28.7 Å². The van der Waals surface area contributed by atoms with E-state index in [1.54, 1.807) is 6.92 Å². The molecule has 0 radical (unpaired) electrons. The lowest BCUT2D eigenvalue weighted by molar-refractivity contribution is -0.137. The molecule has 2 aromatic carbocycles. The summed E-state index contributed by atoms with van der Waals surface area (Å²) in [4.78, 5) is 18.1. The first-order chi connectivity index (χ1) is 15.1. The van der Waals surface area contributed by atoms with E-state index in [-0.39, 0.29) is 40.3 Å². The standard InChI is InChI=1S/C21H14Cl2F3N3O3/c1-2-3-7-29(11-12-5-4-6-14(8-12)21(24,25)26)20(31)19-27-18(28-32-19)13-9-15(22)17(30)16(23)10-13/h4-6,8-10,30H,7,11H2,1H3. The minimum Gasteiger partial charge on any atom is -0.505 e. The zero-order valence-electron chi connectivity index (χ0n) is 16.4.